The highest BCUT2D eigenvalue weighted by molar-refractivity contribution is 7.11. The minimum Gasteiger partial charge on any atom is -0.355 e. The van der Waals surface area contributed by atoms with Gasteiger partial charge < -0.3 is 10.2 Å². The van der Waals surface area contributed by atoms with Crippen LogP contribution in [0.4, 0.5) is 0 Å². The molecule has 0 bridgehead atoms. The molecule has 1 fully saturated rings. The van der Waals surface area contributed by atoms with E-state index in [4.69, 9.17) is 0 Å². The lowest BCUT2D eigenvalue weighted by Crippen LogP contribution is -2.33. The first kappa shape index (κ1) is 18.6. The molecule has 2 amide bonds. The Kier molecular flexibility index (Phi) is 5.13. The molecule has 7 nitrogen and oxygen atoms in total. The first-order valence-electron chi connectivity index (χ1n) is 8.71. The normalized spacial score (nSPS) is 20.0. The molecule has 0 radical (unpaired) electrons. The summed E-state index contributed by atoms with van der Waals surface area (Å²) in [5.74, 6) is 0.121. The van der Waals surface area contributed by atoms with Gasteiger partial charge in [0.1, 0.15) is 0 Å². The van der Waals surface area contributed by atoms with E-state index >= 15 is 0 Å². The third-order valence-electron chi connectivity index (χ3n) is 5.17. The van der Waals surface area contributed by atoms with Crippen LogP contribution in [0.2, 0.25) is 0 Å². The zero-order valence-corrected chi connectivity index (χ0v) is 16.7. The van der Waals surface area contributed by atoms with Crippen LogP contribution in [0.3, 0.4) is 0 Å². The second-order valence-electron chi connectivity index (χ2n) is 6.94. The number of nitrogens with one attached hydrogen (secondary N) is 1. The van der Waals surface area contributed by atoms with Crippen LogP contribution in [0.1, 0.15) is 39.3 Å². The minimum absolute atomic E-state index is 0.0274. The molecule has 1 N–H and O–H groups in total. The van der Waals surface area contributed by atoms with Gasteiger partial charge in [0, 0.05) is 49.1 Å². The van der Waals surface area contributed by atoms with Crippen LogP contribution in [-0.2, 0) is 23.1 Å². The first-order chi connectivity index (χ1) is 12.3. The Morgan fingerprint density at radius 1 is 1.35 bits per heavy atom. The number of carbonyl (C=O) groups is 2. The Balaban J connectivity index is 1.67. The van der Waals surface area contributed by atoms with Crippen LogP contribution in [0.15, 0.2) is 6.20 Å². The number of hydrogen-bond donors (Lipinski definition) is 1. The second-order valence-corrected chi connectivity index (χ2v) is 8.23. The van der Waals surface area contributed by atoms with Crippen molar-refractivity contribution in [3.8, 4) is 0 Å². The fraction of sp³-hybridized carbons (Fsp3) is 0.556. The average molecular weight is 375 g/mol. The van der Waals surface area contributed by atoms with Crippen LogP contribution < -0.4 is 5.32 Å². The van der Waals surface area contributed by atoms with Crippen molar-refractivity contribution in [3.63, 3.8) is 0 Å². The molecule has 1 aliphatic heterocycles. The van der Waals surface area contributed by atoms with Gasteiger partial charge in [0.2, 0.25) is 11.8 Å². The molecule has 0 spiro atoms. The molecule has 3 rings (SSSR count). The van der Waals surface area contributed by atoms with Crippen LogP contribution in [0.5, 0.6) is 0 Å². The lowest BCUT2D eigenvalue weighted by atomic mass is 9.94. The van der Waals surface area contributed by atoms with Gasteiger partial charge in [-0.3, -0.25) is 14.3 Å². The highest BCUT2D eigenvalue weighted by Crippen LogP contribution is 2.37. The van der Waals surface area contributed by atoms with E-state index in [9.17, 15) is 9.59 Å². The Morgan fingerprint density at radius 2 is 2.08 bits per heavy atom. The van der Waals surface area contributed by atoms with E-state index < -0.39 is 0 Å². The van der Waals surface area contributed by atoms with Crippen LogP contribution in [0, 0.1) is 26.7 Å². The van der Waals surface area contributed by atoms with Crippen molar-refractivity contribution in [2.75, 3.05) is 13.6 Å². The number of carbonyl (C=O) groups excluding carboxylic acids is 2. The fourth-order valence-electron chi connectivity index (χ4n) is 3.59. The summed E-state index contributed by atoms with van der Waals surface area (Å²) in [6, 6.07) is -0.0520. The zero-order valence-electron chi connectivity index (χ0n) is 15.9. The summed E-state index contributed by atoms with van der Waals surface area (Å²) >= 11 is 1.56. The van der Waals surface area contributed by atoms with Gasteiger partial charge in [-0.1, -0.05) is 0 Å². The number of amides is 2. The average Bonchev–Trinajstić information content (AvgIpc) is 3.16. The smallest absolute Gasteiger partial charge is 0.225 e. The molecule has 3 heterocycles. The number of aromatic nitrogens is 3. The zero-order chi connectivity index (χ0) is 19.0. The quantitative estimate of drug-likeness (QED) is 0.862. The van der Waals surface area contributed by atoms with E-state index in [1.54, 1.807) is 16.2 Å². The molecule has 0 aliphatic carbocycles. The van der Waals surface area contributed by atoms with Gasteiger partial charge in [-0.05, 0) is 20.8 Å². The largest absolute Gasteiger partial charge is 0.355 e. The number of hydrogen-bond acceptors (Lipinski definition) is 5. The van der Waals surface area contributed by atoms with Crippen molar-refractivity contribution in [2.24, 2.45) is 13.0 Å². The molecular formula is C18H25N5O2S. The summed E-state index contributed by atoms with van der Waals surface area (Å²) < 4.78 is 1.82. The number of rotatable bonds is 5. The second kappa shape index (κ2) is 7.19. The minimum atomic E-state index is -0.0520. The summed E-state index contributed by atoms with van der Waals surface area (Å²) in [5.41, 5.74) is 3.01. The van der Waals surface area contributed by atoms with Gasteiger partial charge in [-0.15, -0.1) is 11.3 Å². The maximum Gasteiger partial charge on any atom is 0.225 e. The van der Waals surface area contributed by atoms with Gasteiger partial charge in [0.25, 0.3) is 0 Å². The molecule has 140 valence electrons. The van der Waals surface area contributed by atoms with Crippen molar-refractivity contribution in [3.05, 3.63) is 33.0 Å². The molecule has 26 heavy (non-hydrogen) atoms. The lowest BCUT2D eigenvalue weighted by Gasteiger charge is -2.25. The Hall–Kier alpha value is -2.22. The molecule has 0 unspecified atom stereocenters. The Morgan fingerprint density at radius 3 is 2.65 bits per heavy atom. The predicted molar refractivity (Wildman–Crippen MR) is 99.9 cm³/mol. The molecule has 0 aromatic carbocycles. The molecular weight excluding hydrogens is 350 g/mol. The predicted octanol–water partition coefficient (Wildman–Crippen LogP) is 1.68. The maximum atomic E-state index is 12.4. The topological polar surface area (TPSA) is 80.1 Å². The first-order valence-corrected chi connectivity index (χ1v) is 9.53. The maximum absolute atomic E-state index is 12.4. The monoisotopic (exact) mass is 375 g/mol. The summed E-state index contributed by atoms with van der Waals surface area (Å²) in [7, 11) is 3.72. The standard InChI is InChI=1S/C18H25N5O2S/c1-10-15(26-12(3)21-10)7-16(24)19-8-13-6-17(25)22(4)18(13)14-9-20-23(5)11(14)2/h9,13,18H,6-8H2,1-5H3,(H,19,24)/t13-,18+/m1/s1. The van der Waals surface area contributed by atoms with E-state index in [0.717, 1.165) is 26.8 Å². The highest BCUT2D eigenvalue weighted by atomic mass is 32.1. The number of nitrogens with zero attached hydrogens (tertiary/aromatic N) is 4. The van der Waals surface area contributed by atoms with Crippen LogP contribution in [-0.4, -0.2) is 45.1 Å². The summed E-state index contributed by atoms with van der Waals surface area (Å²) in [6.07, 6.45) is 2.60. The van der Waals surface area contributed by atoms with Gasteiger partial charge in [0.05, 0.1) is 29.4 Å². The summed E-state index contributed by atoms with van der Waals surface area (Å²) in [4.78, 5) is 31.7. The lowest BCUT2D eigenvalue weighted by molar-refractivity contribution is -0.127. The van der Waals surface area contributed by atoms with Crippen molar-refractivity contribution >= 4 is 23.2 Å². The van der Waals surface area contributed by atoms with E-state index in [1.807, 2.05) is 45.7 Å². The third-order valence-corrected chi connectivity index (χ3v) is 6.24. The Bertz CT molecular complexity index is 841. The van der Waals surface area contributed by atoms with Crippen molar-refractivity contribution in [1.82, 2.24) is 25.0 Å². The summed E-state index contributed by atoms with van der Waals surface area (Å²) in [6.45, 7) is 6.35. The van der Waals surface area contributed by atoms with E-state index in [2.05, 4.69) is 15.4 Å². The number of likely N-dealkylation sites (tertiary alicyclic amines) is 1. The van der Waals surface area contributed by atoms with Gasteiger partial charge >= 0.3 is 0 Å². The van der Waals surface area contributed by atoms with E-state index in [-0.39, 0.29) is 23.8 Å². The van der Waals surface area contributed by atoms with Crippen molar-refractivity contribution < 1.29 is 9.59 Å². The molecule has 2 aromatic rings. The SMILES string of the molecule is Cc1nc(C)c(CC(=O)NC[C@H]2CC(=O)N(C)[C@@H]2c2cnn(C)c2C)s1. The Labute approximate surface area is 157 Å². The van der Waals surface area contributed by atoms with Gasteiger partial charge in [-0.25, -0.2) is 4.98 Å². The van der Waals surface area contributed by atoms with E-state index in [1.165, 1.54) is 0 Å². The molecule has 2 atom stereocenters. The van der Waals surface area contributed by atoms with Crippen molar-refractivity contribution in [1.29, 1.82) is 0 Å². The van der Waals surface area contributed by atoms with Gasteiger partial charge in [-0.2, -0.15) is 5.10 Å². The van der Waals surface area contributed by atoms with E-state index in [0.29, 0.717) is 19.4 Å². The molecule has 1 aliphatic rings. The van der Waals surface area contributed by atoms with Crippen molar-refractivity contribution in [2.45, 2.75) is 39.7 Å². The molecule has 2 aromatic heterocycles. The number of aryl methyl sites for hydroxylation is 3. The third kappa shape index (κ3) is 3.51. The molecule has 1 saturated heterocycles. The van der Waals surface area contributed by atoms with Gasteiger partial charge in [0.15, 0.2) is 0 Å². The fourth-order valence-corrected chi connectivity index (χ4v) is 4.53. The number of thiazole rings is 1. The summed E-state index contributed by atoms with van der Waals surface area (Å²) in [5, 5.41) is 8.29. The molecule has 0 saturated carbocycles. The van der Waals surface area contributed by atoms with Crippen LogP contribution >= 0.6 is 11.3 Å². The highest BCUT2D eigenvalue weighted by Gasteiger charge is 2.40. The molecule has 8 heteroatoms. The van der Waals surface area contributed by atoms with Crippen LogP contribution in [0.25, 0.3) is 0 Å².